The number of aromatic carboxylic acids is 1. The van der Waals surface area contributed by atoms with Gasteiger partial charge in [-0.05, 0) is 37.7 Å². The maximum absolute atomic E-state index is 11.3. The third kappa shape index (κ3) is 2.42. The highest BCUT2D eigenvalue weighted by molar-refractivity contribution is 5.85. The van der Waals surface area contributed by atoms with E-state index < -0.39 is 5.97 Å². The van der Waals surface area contributed by atoms with Gasteiger partial charge in [-0.1, -0.05) is 19.3 Å². The Labute approximate surface area is 107 Å². The van der Waals surface area contributed by atoms with Gasteiger partial charge in [-0.15, -0.1) is 0 Å². The van der Waals surface area contributed by atoms with Gasteiger partial charge in [-0.2, -0.15) is 5.10 Å². The number of carboxylic acid groups (broad SMARTS) is 1. The second-order valence-electron chi connectivity index (χ2n) is 5.72. The minimum absolute atomic E-state index is 0.377. The van der Waals surface area contributed by atoms with E-state index in [1.54, 1.807) is 10.7 Å². The predicted molar refractivity (Wildman–Crippen MR) is 67.7 cm³/mol. The van der Waals surface area contributed by atoms with Crippen molar-refractivity contribution < 1.29 is 9.90 Å². The van der Waals surface area contributed by atoms with Gasteiger partial charge in [0.15, 0.2) is 0 Å². The predicted octanol–water partition coefficient (Wildman–Crippen LogP) is 3.04. The molecule has 0 radical (unpaired) electrons. The van der Waals surface area contributed by atoms with Crippen LogP contribution in [0.3, 0.4) is 0 Å². The van der Waals surface area contributed by atoms with E-state index in [4.69, 9.17) is 0 Å². The first kappa shape index (κ1) is 11.8. The molecule has 0 bridgehead atoms. The van der Waals surface area contributed by atoms with E-state index >= 15 is 0 Å². The fourth-order valence-corrected chi connectivity index (χ4v) is 2.94. The van der Waals surface area contributed by atoms with E-state index in [1.807, 2.05) is 0 Å². The first-order chi connectivity index (χ1) is 8.74. The molecule has 3 rings (SSSR count). The molecule has 2 aliphatic rings. The Morgan fingerprint density at radius 3 is 2.61 bits per heavy atom. The molecular formula is C14H20N2O2. The Bertz CT molecular complexity index is 443. The van der Waals surface area contributed by atoms with Crippen molar-refractivity contribution in [2.24, 2.45) is 5.92 Å². The van der Waals surface area contributed by atoms with E-state index in [0.717, 1.165) is 12.2 Å². The monoisotopic (exact) mass is 248 g/mol. The Morgan fingerprint density at radius 2 is 2.00 bits per heavy atom. The minimum atomic E-state index is -0.842. The Balaban J connectivity index is 1.77. The molecule has 4 heteroatoms. The van der Waals surface area contributed by atoms with Gasteiger partial charge in [-0.25, -0.2) is 4.79 Å². The summed E-state index contributed by atoms with van der Waals surface area (Å²) in [6, 6.07) is 1.78. The molecule has 0 amide bonds. The topological polar surface area (TPSA) is 55.1 Å². The van der Waals surface area contributed by atoms with Crippen molar-refractivity contribution in [2.75, 3.05) is 0 Å². The Morgan fingerprint density at radius 1 is 1.28 bits per heavy atom. The summed E-state index contributed by atoms with van der Waals surface area (Å²) in [6.07, 6.45) is 8.66. The summed E-state index contributed by atoms with van der Waals surface area (Å²) in [7, 11) is 0. The molecule has 1 aromatic rings. The van der Waals surface area contributed by atoms with Crippen molar-refractivity contribution in [1.82, 2.24) is 9.78 Å². The summed E-state index contributed by atoms with van der Waals surface area (Å²) in [5, 5.41) is 13.8. The number of rotatable bonds is 4. The summed E-state index contributed by atoms with van der Waals surface area (Å²) in [5.41, 5.74) is 1.37. The average Bonchev–Trinajstić information content (AvgIpc) is 3.12. The van der Waals surface area contributed by atoms with Gasteiger partial charge in [0.25, 0.3) is 0 Å². The normalized spacial score (nSPS) is 21.1. The van der Waals surface area contributed by atoms with Crippen LogP contribution in [0.1, 0.15) is 67.0 Å². The first-order valence-electron chi connectivity index (χ1n) is 7.05. The molecule has 1 N–H and O–H groups in total. The highest BCUT2D eigenvalue weighted by Crippen LogP contribution is 2.39. The maximum Gasteiger partial charge on any atom is 0.354 e. The zero-order valence-electron chi connectivity index (χ0n) is 10.6. The molecule has 2 fully saturated rings. The summed E-state index contributed by atoms with van der Waals surface area (Å²) < 4.78 is 1.74. The van der Waals surface area contributed by atoms with E-state index in [0.29, 0.717) is 17.5 Å². The summed E-state index contributed by atoms with van der Waals surface area (Å²) in [5.74, 6) is 0.296. The van der Waals surface area contributed by atoms with Crippen LogP contribution >= 0.6 is 0 Å². The number of carboxylic acids is 1. The number of carbonyl (C=O) groups is 1. The molecule has 4 nitrogen and oxygen atoms in total. The molecule has 98 valence electrons. The Kier molecular flexibility index (Phi) is 3.10. The van der Waals surface area contributed by atoms with Gasteiger partial charge >= 0.3 is 5.97 Å². The van der Waals surface area contributed by atoms with Gasteiger partial charge in [0.2, 0.25) is 0 Å². The maximum atomic E-state index is 11.3. The molecule has 0 unspecified atom stereocenters. The first-order valence-corrected chi connectivity index (χ1v) is 7.05. The third-order valence-corrected chi connectivity index (χ3v) is 4.17. The summed E-state index contributed by atoms with van der Waals surface area (Å²) in [6.45, 7) is 0.786. The molecule has 0 aliphatic heterocycles. The number of aromatic nitrogens is 2. The van der Waals surface area contributed by atoms with Crippen molar-refractivity contribution in [3.05, 3.63) is 17.5 Å². The van der Waals surface area contributed by atoms with Crippen LogP contribution in [0.4, 0.5) is 0 Å². The lowest BCUT2D eigenvalue weighted by molar-refractivity contribution is 0.0681. The van der Waals surface area contributed by atoms with Gasteiger partial charge in [0.1, 0.15) is 5.69 Å². The highest BCUT2D eigenvalue weighted by atomic mass is 16.4. The van der Waals surface area contributed by atoms with Crippen molar-refractivity contribution in [2.45, 2.75) is 57.4 Å². The molecule has 0 aromatic carbocycles. The molecule has 1 aromatic heterocycles. The largest absolute Gasteiger partial charge is 0.477 e. The number of hydrogen-bond acceptors (Lipinski definition) is 2. The lowest BCUT2D eigenvalue weighted by atomic mass is 9.89. The molecule has 18 heavy (non-hydrogen) atoms. The minimum Gasteiger partial charge on any atom is -0.477 e. The number of hydrogen-bond donors (Lipinski definition) is 1. The smallest absolute Gasteiger partial charge is 0.354 e. The van der Waals surface area contributed by atoms with Crippen LogP contribution in [-0.4, -0.2) is 20.9 Å². The van der Waals surface area contributed by atoms with Gasteiger partial charge in [0, 0.05) is 12.5 Å². The second-order valence-corrected chi connectivity index (χ2v) is 5.72. The van der Waals surface area contributed by atoms with E-state index in [9.17, 15) is 9.90 Å². The lowest BCUT2D eigenvalue weighted by Crippen LogP contribution is -2.18. The van der Waals surface area contributed by atoms with Crippen molar-refractivity contribution in [3.63, 3.8) is 0 Å². The molecule has 0 atom stereocenters. The zero-order chi connectivity index (χ0) is 12.5. The van der Waals surface area contributed by atoms with Crippen molar-refractivity contribution in [1.29, 1.82) is 0 Å². The molecule has 0 saturated heterocycles. The highest BCUT2D eigenvalue weighted by Gasteiger charge is 2.29. The summed E-state index contributed by atoms with van der Waals surface area (Å²) in [4.78, 5) is 11.3. The van der Waals surface area contributed by atoms with Crippen LogP contribution in [0.5, 0.6) is 0 Å². The van der Waals surface area contributed by atoms with Crippen molar-refractivity contribution >= 4 is 5.97 Å². The van der Waals surface area contributed by atoms with Gasteiger partial charge < -0.3 is 5.11 Å². The molecular weight excluding hydrogens is 228 g/mol. The molecule has 2 saturated carbocycles. The van der Waals surface area contributed by atoms with E-state index in [1.165, 1.54) is 44.9 Å². The molecule has 0 spiro atoms. The molecule has 2 aliphatic carbocycles. The SMILES string of the molecule is O=C(O)c1cc(C2CC2)nn1CC1CCCCC1. The average molecular weight is 248 g/mol. The lowest BCUT2D eigenvalue weighted by Gasteiger charge is -2.21. The van der Waals surface area contributed by atoms with Gasteiger partial charge in [-0.3, -0.25) is 4.68 Å². The van der Waals surface area contributed by atoms with Crippen molar-refractivity contribution in [3.8, 4) is 0 Å². The number of nitrogens with zero attached hydrogens (tertiary/aromatic N) is 2. The Hall–Kier alpha value is -1.32. The van der Waals surface area contributed by atoms with Crippen LogP contribution in [0, 0.1) is 5.92 Å². The summed E-state index contributed by atoms with van der Waals surface area (Å²) >= 11 is 0. The van der Waals surface area contributed by atoms with E-state index in [-0.39, 0.29) is 0 Å². The van der Waals surface area contributed by atoms with Crippen LogP contribution in [0.2, 0.25) is 0 Å². The molecule has 1 heterocycles. The second kappa shape index (κ2) is 4.75. The third-order valence-electron chi connectivity index (χ3n) is 4.17. The van der Waals surface area contributed by atoms with Crippen LogP contribution < -0.4 is 0 Å². The van der Waals surface area contributed by atoms with Crippen LogP contribution in [0.25, 0.3) is 0 Å². The zero-order valence-corrected chi connectivity index (χ0v) is 10.6. The van der Waals surface area contributed by atoms with Crippen LogP contribution in [0.15, 0.2) is 6.07 Å². The standard InChI is InChI=1S/C14H20N2O2/c17-14(18)13-8-12(11-6-7-11)15-16(13)9-10-4-2-1-3-5-10/h8,10-11H,1-7,9H2,(H,17,18). The fraction of sp³-hybridized carbons (Fsp3) is 0.714. The van der Waals surface area contributed by atoms with Gasteiger partial charge in [0.05, 0.1) is 5.69 Å². The van der Waals surface area contributed by atoms with Crippen LogP contribution in [-0.2, 0) is 6.54 Å². The quantitative estimate of drug-likeness (QED) is 0.891. The van der Waals surface area contributed by atoms with E-state index in [2.05, 4.69) is 5.10 Å². The fourth-order valence-electron chi connectivity index (χ4n) is 2.94.